The molecule has 112 valence electrons. The standard InChI is InChI=1S/C14H21NO5/c16-12(10-1-2-11(20-10)13(17)18)15-6-3-14(9-15)4-7-19-8-5-14/h10-11H,1-9H2,(H,17,18)/t10-,11+/m0/s1. The van der Waals surface area contributed by atoms with E-state index in [0.29, 0.717) is 12.8 Å². The number of ether oxygens (including phenoxy) is 2. The van der Waals surface area contributed by atoms with Gasteiger partial charge in [0, 0.05) is 26.3 Å². The number of carbonyl (C=O) groups excluding carboxylic acids is 1. The number of nitrogens with zero attached hydrogens (tertiary/aromatic N) is 1. The molecule has 0 aromatic carbocycles. The smallest absolute Gasteiger partial charge is 0.332 e. The van der Waals surface area contributed by atoms with Crippen molar-refractivity contribution in [2.45, 2.75) is 44.3 Å². The predicted octanol–water partition coefficient (Wildman–Crippen LogP) is 0.648. The summed E-state index contributed by atoms with van der Waals surface area (Å²) in [6.07, 6.45) is 2.62. The Balaban J connectivity index is 1.58. The molecule has 3 aliphatic rings. The first-order valence-corrected chi connectivity index (χ1v) is 7.34. The number of carboxylic acid groups (broad SMARTS) is 1. The van der Waals surface area contributed by atoms with Crippen molar-refractivity contribution in [2.75, 3.05) is 26.3 Å². The van der Waals surface area contributed by atoms with E-state index in [1.165, 1.54) is 0 Å². The average Bonchev–Trinajstić information content (AvgIpc) is 3.07. The van der Waals surface area contributed by atoms with E-state index in [1.807, 2.05) is 4.90 Å². The highest BCUT2D eigenvalue weighted by molar-refractivity contribution is 5.83. The first-order chi connectivity index (χ1) is 9.60. The molecule has 0 radical (unpaired) electrons. The molecule has 2 atom stereocenters. The number of rotatable bonds is 2. The van der Waals surface area contributed by atoms with Crippen molar-refractivity contribution in [3.05, 3.63) is 0 Å². The summed E-state index contributed by atoms with van der Waals surface area (Å²) >= 11 is 0. The number of aliphatic carboxylic acids is 1. The Kier molecular flexibility index (Phi) is 3.69. The van der Waals surface area contributed by atoms with E-state index in [9.17, 15) is 9.59 Å². The van der Waals surface area contributed by atoms with Crippen molar-refractivity contribution in [1.82, 2.24) is 4.90 Å². The third-order valence-corrected chi connectivity index (χ3v) is 4.87. The van der Waals surface area contributed by atoms with Crippen molar-refractivity contribution in [3.63, 3.8) is 0 Å². The van der Waals surface area contributed by atoms with Crippen LogP contribution in [0.15, 0.2) is 0 Å². The third-order valence-electron chi connectivity index (χ3n) is 4.87. The van der Waals surface area contributed by atoms with Gasteiger partial charge < -0.3 is 19.5 Å². The normalized spacial score (nSPS) is 32.7. The zero-order chi connectivity index (χ0) is 14.2. The van der Waals surface area contributed by atoms with E-state index in [0.717, 1.165) is 45.6 Å². The van der Waals surface area contributed by atoms with Crippen LogP contribution < -0.4 is 0 Å². The molecule has 1 amide bonds. The predicted molar refractivity (Wildman–Crippen MR) is 69.2 cm³/mol. The Morgan fingerprint density at radius 1 is 1.10 bits per heavy atom. The summed E-state index contributed by atoms with van der Waals surface area (Å²) in [7, 11) is 0. The van der Waals surface area contributed by atoms with E-state index >= 15 is 0 Å². The van der Waals surface area contributed by atoms with Gasteiger partial charge in [-0.25, -0.2) is 4.79 Å². The molecule has 0 aliphatic carbocycles. The fourth-order valence-electron chi connectivity index (χ4n) is 3.54. The minimum atomic E-state index is -0.970. The number of amides is 1. The second kappa shape index (κ2) is 5.33. The van der Waals surface area contributed by atoms with E-state index in [1.54, 1.807) is 0 Å². The van der Waals surface area contributed by atoms with Crippen molar-refractivity contribution < 1.29 is 24.2 Å². The molecular weight excluding hydrogens is 262 g/mol. The molecule has 1 N–H and O–H groups in total. The molecule has 0 aromatic heterocycles. The molecule has 6 heteroatoms. The summed E-state index contributed by atoms with van der Waals surface area (Å²) in [5.41, 5.74) is 0.221. The Labute approximate surface area is 118 Å². The van der Waals surface area contributed by atoms with Crippen LogP contribution in [0.3, 0.4) is 0 Å². The summed E-state index contributed by atoms with van der Waals surface area (Å²) in [5.74, 6) is -1.00. The molecule has 1 spiro atoms. The SMILES string of the molecule is O=C(O)[C@H]1CC[C@@H](C(=O)N2CCC3(CCOCC3)C2)O1. The monoisotopic (exact) mass is 283 g/mol. The largest absolute Gasteiger partial charge is 0.479 e. The van der Waals surface area contributed by atoms with Gasteiger partial charge in [-0.1, -0.05) is 0 Å². The van der Waals surface area contributed by atoms with Gasteiger partial charge in [0.05, 0.1) is 0 Å². The minimum Gasteiger partial charge on any atom is -0.479 e. The van der Waals surface area contributed by atoms with Crippen LogP contribution in [0.25, 0.3) is 0 Å². The number of likely N-dealkylation sites (tertiary alicyclic amines) is 1. The van der Waals surface area contributed by atoms with E-state index in [-0.39, 0.29) is 11.3 Å². The lowest BCUT2D eigenvalue weighted by Gasteiger charge is -2.33. The van der Waals surface area contributed by atoms with Crippen molar-refractivity contribution in [2.24, 2.45) is 5.41 Å². The average molecular weight is 283 g/mol. The van der Waals surface area contributed by atoms with Gasteiger partial charge in [0.15, 0.2) is 6.10 Å². The van der Waals surface area contributed by atoms with Crippen LogP contribution in [-0.4, -0.2) is 60.4 Å². The lowest BCUT2D eigenvalue weighted by atomic mass is 9.80. The van der Waals surface area contributed by atoms with E-state index in [2.05, 4.69) is 0 Å². The van der Waals surface area contributed by atoms with Gasteiger partial charge in [-0.3, -0.25) is 4.79 Å². The van der Waals surface area contributed by atoms with Gasteiger partial charge in [0.25, 0.3) is 5.91 Å². The Hall–Kier alpha value is -1.14. The van der Waals surface area contributed by atoms with Gasteiger partial charge in [-0.15, -0.1) is 0 Å². The molecule has 0 unspecified atom stereocenters. The van der Waals surface area contributed by atoms with Crippen molar-refractivity contribution in [1.29, 1.82) is 0 Å². The molecular formula is C14H21NO5. The van der Waals surface area contributed by atoms with Crippen LogP contribution >= 0.6 is 0 Å². The first kappa shape index (κ1) is 13.8. The quantitative estimate of drug-likeness (QED) is 0.805. The second-order valence-corrected chi connectivity index (χ2v) is 6.15. The van der Waals surface area contributed by atoms with Crippen LogP contribution in [0.2, 0.25) is 0 Å². The Morgan fingerprint density at radius 3 is 2.45 bits per heavy atom. The molecule has 3 fully saturated rings. The Bertz CT molecular complexity index is 404. The molecule has 0 bridgehead atoms. The van der Waals surface area contributed by atoms with Gasteiger partial charge in [-0.05, 0) is 37.5 Å². The molecule has 0 saturated carbocycles. The number of hydrogen-bond acceptors (Lipinski definition) is 4. The first-order valence-electron chi connectivity index (χ1n) is 7.34. The fraction of sp³-hybridized carbons (Fsp3) is 0.857. The van der Waals surface area contributed by atoms with Gasteiger partial charge in [-0.2, -0.15) is 0 Å². The summed E-state index contributed by atoms with van der Waals surface area (Å²) in [5, 5.41) is 8.91. The summed E-state index contributed by atoms with van der Waals surface area (Å²) in [4.78, 5) is 25.1. The maximum Gasteiger partial charge on any atom is 0.332 e. The molecule has 3 heterocycles. The van der Waals surface area contributed by atoms with Gasteiger partial charge in [0.2, 0.25) is 0 Å². The molecule has 6 nitrogen and oxygen atoms in total. The molecule has 20 heavy (non-hydrogen) atoms. The number of hydrogen-bond donors (Lipinski definition) is 1. The van der Waals surface area contributed by atoms with Gasteiger partial charge >= 0.3 is 5.97 Å². The summed E-state index contributed by atoms with van der Waals surface area (Å²) in [6, 6.07) is 0. The minimum absolute atomic E-state index is 0.0304. The highest BCUT2D eigenvalue weighted by atomic mass is 16.5. The topological polar surface area (TPSA) is 76.1 Å². The van der Waals surface area contributed by atoms with Crippen LogP contribution in [0.5, 0.6) is 0 Å². The summed E-state index contributed by atoms with van der Waals surface area (Å²) < 4.78 is 10.8. The Morgan fingerprint density at radius 2 is 1.80 bits per heavy atom. The number of carbonyl (C=O) groups is 2. The molecule has 3 saturated heterocycles. The van der Waals surface area contributed by atoms with Crippen LogP contribution in [0.4, 0.5) is 0 Å². The zero-order valence-corrected chi connectivity index (χ0v) is 11.5. The van der Waals surface area contributed by atoms with E-state index in [4.69, 9.17) is 14.6 Å². The highest BCUT2D eigenvalue weighted by Crippen LogP contribution is 2.40. The van der Waals surface area contributed by atoms with Crippen LogP contribution in [0.1, 0.15) is 32.1 Å². The molecule has 0 aromatic rings. The molecule has 3 rings (SSSR count). The lowest BCUT2D eigenvalue weighted by molar-refractivity contribution is -0.154. The summed E-state index contributed by atoms with van der Waals surface area (Å²) in [6.45, 7) is 3.09. The molecule has 3 aliphatic heterocycles. The van der Waals surface area contributed by atoms with Crippen LogP contribution in [0, 0.1) is 5.41 Å². The maximum atomic E-state index is 12.4. The van der Waals surface area contributed by atoms with Crippen molar-refractivity contribution in [3.8, 4) is 0 Å². The third kappa shape index (κ3) is 2.54. The maximum absolute atomic E-state index is 12.4. The second-order valence-electron chi connectivity index (χ2n) is 6.15. The van der Waals surface area contributed by atoms with Crippen LogP contribution in [-0.2, 0) is 19.1 Å². The zero-order valence-electron chi connectivity index (χ0n) is 11.5. The lowest BCUT2D eigenvalue weighted by Crippen LogP contribution is -2.40. The van der Waals surface area contributed by atoms with E-state index < -0.39 is 18.2 Å². The van der Waals surface area contributed by atoms with Crippen molar-refractivity contribution >= 4 is 11.9 Å². The number of carboxylic acids is 1. The fourth-order valence-corrected chi connectivity index (χ4v) is 3.54. The highest BCUT2D eigenvalue weighted by Gasteiger charge is 2.44. The van der Waals surface area contributed by atoms with Gasteiger partial charge in [0.1, 0.15) is 6.10 Å².